The third kappa shape index (κ3) is 49.9. The molecule has 0 aromatic carbocycles. The van der Waals surface area contributed by atoms with Crippen LogP contribution in [-0.4, -0.2) is 69.4 Å². The summed E-state index contributed by atoms with van der Waals surface area (Å²) in [6.07, 6.45) is 65.2. The maximum Gasteiger partial charge on any atom is 0.306 e. The van der Waals surface area contributed by atoms with Gasteiger partial charge in [0.2, 0.25) is 5.91 Å². The third-order valence-electron chi connectivity index (χ3n) is 11.8. The van der Waals surface area contributed by atoms with Crippen molar-refractivity contribution in [3.63, 3.8) is 0 Å². The Kier molecular flexibility index (Phi) is 47.3. The van der Waals surface area contributed by atoms with Gasteiger partial charge in [-0.05, 0) is 102 Å². The smallest absolute Gasteiger partial charge is 0.306 e. The first-order valence-corrected chi connectivity index (χ1v) is 29.5. The number of hydrogen-bond acceptors (Lipinski definition) is 7. The van der Waals surface area contributed by atoms with Crippen molar-refractivity contribution in [1.82, 2.24) is 5.32 Å². The summed E-state index contributed by atoms with van der Waals surface area (Å²) in [7, 11) is 1.14. The van der Waals surface area contributed by atoms with Crippen LogP contribution in [0.3, 0.4) is 0 Å². The van der Waals surface area contributed by atoms with E-state index in [1.807, 2.05) is 33.3 Å². The molecule has 0 spiro atoms. The zero-order valence-electron chi connectivity index (χ0n) is 45.7. The first-order chi connectivity index (χ1) is 33.9. The SMILES string of the molecule is CC/C=C\C/C=C\C/C=C\C/C=C\C/C=C\CCCCCC(=O)NC(COP(=O)([O-])OCC[N+](C)(C)C)C(/C=C\CCCCCCCCCCC)OC(=O)CCCCCCCCC/C=C/C/C=C/CC. The quantitative estimate of drug-likeness (QED) is 0.0212. The van der Waals surface area contributed by atoms with Crippen LogP contribution in [0.1, 0.15) is 220 Å². The zero-order valence-corrected chi connectivity index (χ0v) is 46.6. The number of nitrogens with one attached hydrogen (secondary N) is 1. The van der Waals surface area contributed by atoms with Crippen molar-refractivity contribution in [2.75, 3.05) is 40.9 Å². The van der Waals surface area contributed by atoms with Crippen LogP contribution in [-0.2, 0) is 27.9 Å². The number of unbranched alkanes of at least 4 members (excludes halogenated alkanes) is 19. The maximum absolute atomic E-state index is 13.5. The molecule has 0 radical (unpaired) electrons. The summed E-state index contributed by atoms with van der Waals surface area (Å²) >= 11 is 0. The molecule has 0 aliphatic heterocycles. The van der Waals surface area contributed by atoms with Crippen LogP contribution in [0.15, 0.2) is 97.2 Å². The predicted molar refractivity (Wildman–Crippen MR) is 297 cm³/mol. The van der Waals surface area contributed by atoms with Crippen LogP contribution in [0.5, 0.6) is 0 Å². The first-order valence-electron chi connectivity index (χ1n) is 28.0. The standard InChI is InChI=1S/C60H105N2O7P/c1-7-10-13-16-19-22-25-27-29-30-31-32-33-34-37-40-43-46-49-52-59(63)61-57(56-68-70(65,66)67-55-54-62(4,5)6)58(51-48-45-42-39-36-24-21-18-15-12-9-3)69-60(64)53-50-47-44-41-38-35-28-26-23-20-17-14-11-8-2/h10-11,13-14,19-20,22-23,27,29,31-32,34,37,48,51,57-58H,7-9,12,15-18,21,24-26,28,30,33,35-36,38-47,49-50,52-56H2,1-6H3,(H-,61,63,65,66)/b13-10-,14-11+,22-19-,23-20+,29-27-,32-31-,37-34-,51-48-. The fraction of sp³-hybridized carbons (Fsp3) is 0.700. The van der Waals surface area contributed by atoms with E-state index in [2.05, 4.69) is 111 Å². The van der Waals surface area contributed by atoms with E-state index in [0.29, 0.717) is 23.9 Å². The molecule has 1 amide bonds. The molecule has 70 heavy (non-hydrogen) atoms. The van der Waals surface area contributed by atoms with Crippen molar-refractivity contribution >= 4 is 19.7 Å². The number of rotatable bonds is 49. The molecule has 0 aliphatic carbocycles. The molecule has 0 saturated heterocycles. The van der Waals surface area contributed by atoms with Gasteiger partial charge in [-0.3, -0.25) is 14.2 Å². The Morgan fingerprint density at radius 1 is 0.514 bits per heavy atom. The molecule has 402 valence electrons. The highest BCUT2D eigenvalue weighted by atomic mass is 31.2. The molecule has 0 bridgehead atoms. The number of esters is 1. The van der Waals surface area contributed by atoms with Crippen LogP contribution in [0, 0.1) is 0 Å². The van der Waals surface area contributed by atoms with E-state index in [0.717, 1.165) is 109 Å². The normalized spacial score (nSPS) is 14.6. The summed E-state index contributed by atoms with van der Waals surface area (Å²) in [6.45, 7) is 6.56. The van der Waals surface area contributed by atoms with Gasteiger partial charge in [0.15, 0.2) is 0 Å². The summed E-state index contributed by atoms with van der Waals surface area (Å²) in [6, 6.07) is -0.913. The molecule has 0 rings (SSSR count). The largest absolute Gasteiger partial charge is 0.756 e. The third-order valence-corrected chi connectivity index (χ3v) is 12.7. The summed E-state index contributed by atoms with van der Waals surface area (Å²) in [5.41, 5.74) is 0. The molecule has 3 unspecified atom stereocenters. The molecule has 9 nitrogen and oxygen atoms in total. The van der Waals surface area contributed by atoms with Gasteiger partial charge in [-0.25, -0.2) is 0 Å². The van der Waals surface area contributed by atoms with Crippen molar-refractivity contribution < 1.29 is 37.3 Å². The second-order valence-corrected chi connectivity index (χ2v) is 21.1. The average molecular weight is 997 g/mol. The fourth-order valence-corrected chi connectivity index (χ4v) is 8.19. The molecule has 0 fully saturated rings. The van der Waals surface area contributed by atoms with E-state index in [1.165, 1.54) is 64.2 Å². The molecule has 10 heteroatoms. The van der Waals surface area contributed by atoms with E-state index >= 15 is 0 Å². The molecule has 0 heterocycles. The summed E-state index contributed by atoms with van der Waals surface area (Å²) < 4.78 is 30.2. The van der Waals surface area contributed by atoms with E-state index in [-0.39, 0.29) is 31.3 Å². The van der Waals surface area contributed by atoms with Crippen LogP contribution >= 0.6 is 7.82 Å². The van der Waals surface area contributed by atoms with Gasteiger partial charge in [0.05, 0.1) is 33.8 Å². The number of likely N-dealkylation sites (N-methyl/N-ethyl adjacent to an activating group) is 1. The molecule has 1 N–H and O–H groups in total. The van der Waals surface area contributed by atoms with Crippen molar-refractivity contribution in [3.05, 3.63) is 97.2 Å². The topological polar surface area (TPSA) is 114 Å². The van der Waals surface area contributed by atoms with Crippen molar-refractivity contribution in [2.45, 2.75) is 232 Å². The van der Waals surface area contributed by atoms with E-state index < -0.39 is 26.6 Å². The summed E-state index contributed by atoms with van der Waals surface area (Å²) in [4.78, 5) is 39.8. The fourth-order valence-electron chi connectivity index (χ4n) is 7.47. The summed E-state index contributed by atoms with van der Waals surface area (Å²) in [5.74, 6) is -0.596. The molecular formula is C60H105N2O7P. The summed E-state index contributed by atoms with van der Waals surface area (Å²) in [5, 5.41) is 2.99. The first kappa shape index (κ1) is 66.9. The van der Waals surface area contributed by atoms with Crippen LogP contribution in [0.4, 0.5) is 0 Å². The lowest BCUT2D eigenvalue weighted by atomic mass is 10.1. The van der Waals surface area contributed by atoms with Crippen molar-refractivity contribution in [1.29, 1.82) is 0 Å². The Hall–Kier alpha value is -3.07. The minimum absolute atomic E-state index is 0.0352. The van der Waals surface area contributed by atoms with Crippen molar-refractivity contribution in [2.24, 2.45) is 0 Å². The number of phosphoric acid groups is 1. The van der Waals surface area contributed by atoms with Crippen molar-refractivity contribution in [3.8, 4) is 0 Å². The van der Waals surface area contributed by atoms with Gasteiger partial charge < -0.3 is 28.5 Å². The van der Waals surface area contributed by atoms with Gasteiger partial charge in [0.25, 0.3) is 7.82 Å². The Labute approximate surface area is 430 Å². The van der Waals surface area contributed by atoms with Crippen LogP contribution in [0.25, 0.3) is 0 Å². The predicted octanol–water partition coefficient (Wildman–Crippen LogP) is 16.2. The maximum atomic E-state index is 13.5. The van der Waals surface area contributed by atoms with Gasteiger partial charge >= 0.3 is 5.97 Å². The Morgan fingerprint density at radius 3 is 1.39 bits per heavy atom. The van der Waals surface area contributed by atoms with Gasteiger partial charge in [-0.15, -0.1) is 0 Å². The number of carbonyl (C=O) groups excluding carboxylic acids is 2. The number of ether oxygens (including phenoxy) is 1. The lowest BCUT2D eigenvalue weighted by molar-refractivity contribution is -0.870. The lowest BCUT2D eigenvalue weighted by Crippen LogP contribution is -2.47. The molecule has 3 atom stereocenters. The van der Waals surface area contributed by atoms with Gasteiger partial charge in [0.1, 0.15) is 19.3 Å². The number of allylic oxidation sites excluding steroid dienone is 15. The number of hydrogen-bond donors (Lipinski definition) is 1. The number of phosphoric ester groups is 1. The van der Waals surface area contributed by atoms with Crippen LogP contribution < -0.4 is 10.2 Å². The highest BCUT2D eigenvalue weighted by Gasteiger charge is 2.27. The highest BCUT2D eigenvalue weighted by molar-refractivity contribution is 7.45. The number of nitrogens with zero attached hydrogens (tertiary/aromatic N) is 1. The van der Waals surface area contributed by atoms with E-state index in [1.54, 1.807) is 0 Å². The Balaban J connectivity index is 5.40. The number of quaternary nitrogens is 1. The average Bonchev–Trinajstić information content (AvgIpc) is 3.32. The molecule has 0 aromatic heterocycles. The van der Waals surface area contributed by atoms with E-state index in [9.17, 15) is 19.0 Å². The molecule has 0 aromatic rings. The second kappa shape index (κ2) is 49.5. The number of amides is 1. The minimum atomic E-state index is -4.71. The molecular weight excluding hydrogens is 892 g/mol. The zero-order chi connectivity index (χ0) is 51.5. The minimum Gasteiger partial charge on any atom is -0.756 e. The highest BCUT2D eigenvalue weighted by Crippen LogP contribution is 2.38. The van der Waals surface area contributed by atoms with E-state index in [4.69, 9.17) is 13.8 Å². The van der Waals surface area contributed by atoms with Gasteiger partial charge in [-0.1, -0.05) is 202 Å². The second-order valence-electron chi connectivity index (χ2n) is 19.7. The Morgan fingerprint density at radius 2 is 0.914 bits per heavy atom. The van der Waals surface area contributed by atoms with Crippen LogP contribution in [0.2, 0.25) is 0 Å². The van der Waals surface area contributed by atoms with Gasteiger partial charge in [-0.2, -0.15) is 0 Å². The Bertz CT molecular complexity index is 1520. The lowest BCUT2D eigenvalue weighted by Gasteiger charge is -2.30. The molecule has 0 saturated carbocycles. The number of carbonyl (C=O) groups is 2. The monoisotopic (exact) mass is 997 g/mol. The van der Waals surface area contributed by atoms with Gasteiger partial charge in [0, 0.05) is 12.8 Å². The molecule has 0 aliphatic rings.